The molecule has 0 heterocycles. The number of benzene rings is 2. The molecule has 0 aromatic heterocycles. The smallest absolute Gasteiger partial charge is 0.411 e. The molecule has 0 bridgehead atoms. The van der Waals surface area contributed by atoms with E-state index in [1.54, 1.807) is 27.7 Å². The van der Waals surface area contributed by atoms with Crippen molar-refractivity contribution in [3.05, 3.63) is 54.1 Å². The third-order valence-electron chi connectivity index (χ3n) is 8.16. The highest BCUT2D eigenvalue weighted by Crippen LogP contribution is 2.31. The Morgan fingerprint density at radius 1 is 0.839 bits per heavy atom. The maximum Gasteiger partial charge on any atom is 0.411 e. The summed E-state index contributed by atoms with van der Waals surface area (Å²) in [7, 11) is -6.96. The predicted octanol–water partition coefficient (Wildman–Crippen LogP) is 8.43. The summed E-state index contributed by atoms with van der Waals surface area (Å²) >= 11 is 0. The van der Waals surface area contributed by atoms with Crippen molar-refractivity contribution in [2.24, 2.45) is 5.92 Å². The molecule has 0 saturated heterocycles. The van der Waals surface area contributed by atoms with E-state index in [1.807, 2.05) is 44.2 Å². The van der Waals surface area contributed by atoms with Gasteiger partial charge in [-0.25, -0.2) is 18.0 Å². The highest BCUT2D eigenvalue weighted by atomic mass is 32.2. The molecule has 2 N–H and O–H groups in total. The number of carbonyl (C=O) groups is 2. The number of ether oxygens (including phenoxy) is 6. The van der Waals surface area contributed by atoms with Gasteiger partial charge in [-0.2, -0.15) is 4.31 Å². The number of carbonyl (C=O) groups excluding carboxylic acids is 2. The summed E-state index contributed by atoms with van der Waals surface area (Å²) in [4.78, 5) is 25.8. The van der Waals surface area contributed by atoms with Crippen LogP contribution in [0.3, 0.4) is 0 Å². The van der Waals surface area contributed by atoms with E-state index in [0.717, 1.165) is 17.7 Å². The van der Waals surface area contributed by atoms with Crippen LogP contribution in [0, 0.1) is 5.92 Å². The van der Waals surface area contributed by atoms with Gasteiger partial charge in [-0.05, 0) is 75.9 Å². The molecular formula is C40H69N3O10SSi2. The van der Waals surface area contributed by atoms with Gasteiger partial charge in [-0.15, -0.1) is 0 Å². The zero-order valence-electron chi connectivity index (χ0n) is 35.9. The van der Waals surface area contributed by atoms with Crippen LogP contribution in [0.5, 0.6) is 5.75 Å². The quantitative estimate of drug-likeness (QED) is 0.0599. The third-order valence-corrected chi connectivity index (χ3v) is 13.4. The van der Waals surface area contributed by atoms with Gasteiger partial charge in [0.25, 0.3) is 0 Å². The Hall–Kier alpha value is -3.00. The van der Waals surface area contributed by atoms with E-state index in [2.05, 4.69) is 49.9 Å². The molecule has 0 spiro atoms. The molecule has 2 amide bonds. The fourth-order valence-corrected chi connectivity index (χ4v) is 8.37. The number of rotatable bonds is 24. The summed E-state index contributed by atoms with van der Waals surface area (Å²) in [5.41, 5.74) is 0.255. The van der Waals surface area contributed by atoms with Gasteiger partial charge in [-0.3, -0.25) is 5.32 Å². The van der Waals surface area contributed by atoms with E-state index in [0.29, 0.717) is 19.6 Å². The lowest BCUT2D eigenvalue weighted by Crippen LogP contribution is -2.53. The SMILES string of the molecule is CCOC(=O)Nc1cc(S(=O)(=O)N(CC(C)C)C[C@@H](OCOCC[Si](C)(C)C)[C@H](Cc2ccccc2)NC(=O)OC(C)(C)C)ccc1OCOCC[Si](C)(C)C. The predicted molar refractivity (Wildman–Crippen MR) is 227 cm³/mol. The van der Waals surface area contributed by atoms with E-state index < -0.39 is 56.1 Å². The van der Waals surface area contributed by atoms with Gasteiger partial charge in [0.05, 0.1) is 29.3 Å². The first-order valence-electron chi connectivity index (χ1n) is 19.5. The minimum Gasteiger partial charge on any atom is -0.465 e. The first-order chi connectivity index (χ1) is 26.0. The average molecular weight is 840 g/mol. The minimum absolute atomic E-state index is 0.0817. The topological polar surface area (TPSA) is 151 Å². The van der Waals surface area contributed by atoms with Crippen molar-refractivity contribution >= 4 is 44.0 Å². The van der Waals surface area contributed by atoms with E-state index in [1.165, 1.54) is 22.5 Å². The van der Waals surface area contributed by atoms with Crippen LogP contribution in [-0.2, 0) is 40.1 Å². The van der Waals surface area contributed by atoms with Crippen molar-refractivity contribution in [3.8, 4) is 5.75 Å². The summed E-state index contributed by atoms with van der Waals surface area (Å²) in [6.07, 6.45) is -1.95. The first-order valence-corrected chi connectivity index (χ1v) is 28.4. The van der Waals surface area contributed by atoms with Crippen molar-refractivity contribution in [2.45, 2.75) is 122 Å². The highest BCUT2D eigenvalue weighted by molar-refractivity contribution is 7.89. The van der Waals surface area contributed by atoms with Crippen LogP contribution in [0.4, 0.5) is 15.3 Å². The lowest BCUT2D eigenvalue weighted by Gasteiger charge is -2.34. The van der Waals surface area contributed by atoms with E-state index in [9.17, 15) is 18.0 Å². The number of hydrogen-bond donors (Lipinski definition) is 2. The second-order valence-electron chi connectivity index (χ2n) is 17.7. The monoisotopic (exact) mass is 839 g/mol. The van der Waals surface area contributed by atoms with Crippen LogP contribution in [0.1, 0.15) is 47.1 Å². The maximum atomic E-state index is 14.7. The first kappa shape index (κ1) is 49.2. The van der Waals surface area contributed by atoms with Crippen LogP contribution in [0.15, 0.2) is 53.4 Å². The van der Waals surface area contributed by atoms with Gasteiger partial charge in [0.2, 0.25) is 10.0 Å². The van der Waals surface area contributed by atoms with E-state index in [4.69, 9.17) is 28.4 Å². The molecule has 2 rings (SSSR count). The number of alkyl carbamates (subject to hydrolysis) is 1. The largest absolute Gasteiger partial charge is 0.465 e. The second kappa shape index (κ2) is 22.8. The van der Waals surface area contributed by atoms with Crippen molar-refractivity contribution in [1.82, 2.24) is 9.62 Å². The molecule has 0 radical (unpaired) electrons. The molecule has 0 unspecified atom stereocenters. The minimum atomic E-state index is -4.24. The van der Waals surface area contributed by atoms with Crippen LogP contribution in [0.2, 0.25) is 51.4 Å². The number of amides is 2. The van der Waals surface area contributed by atoms with Gasteiger partial charge in [0, 0.05) is 42.5 Å². The van der Waals surface area contributed by atoms with Crippen molar-refractivity contribution in [2.75, 3.05) is 51.8 Å². The van der Waals surface area contributed by atoms with Crippen LogP contribution < -0.4 is 15.4 Å². The Balaban J connectivity index is 2.56. The second-order valence-corrected chi connectivity index (χ2v) is 30.9. The van der Waals surface area contributed by atoms with E-state index >= 15 is 0 Å². The van der Waals surface area contributed by atoms with Gasteiger partial charge in [0.15, 0.2) is 6.79 Å². The fraction of sp³-hybridized carbons (Fsp3) is 0.650. The van der Waals surface area contributed by atoms with Crippen molar-refractivity contribution in [1.29, 1.82) is 0 Å². The number of sulfonamides is 1. The molecule has 0 aliphatic rings. The lowest BCUT2D eigenvalue weighted by atomic mass is 10.0. The average Bonchev–Trinajstić information content (AvgIpc) is 3.05. The molecule has 56 heavy (non-hydrogen) atoms. The van der Waals surface area contributed by atoms with Gasteiger partial charge in [-0.1, -0.05) is 83.5 Å². The number of nitrogens with zero attached hydrogens (tertiary/aromatic N) is 1. The fourth-order valence-electron chi connectivity index (χ4n) is 5.21. The zero-order valence-corrected chi connectivity index (χ0v) is 38.7. The van der Waals surface area contributed by atoms with Gasteiger partial charge >= 0.3 is 12.2 Å². The Kier molecular flexibility index (Phi) is 20.0. The summed E-state index contributed by atoms with van der Waals surface area (Å²) in [6, 6.07) is 15.0. The Labute approximate surface area is 338 Å². The molecule has 0 aliphatic carbocycles. The van der Waals surface area contributed by atoms with Crippen molar-refractivity contribution < 1.29 is 46.4 Å². The Bertz CT molecular complexity index is 1590. The van der Waals surface area contributed by atoms with Crippen LogP contribution >= 0.6 is 0 Å². The summed E-state index contributed by atoms with van der Waals surface area (Å²) < 4.78 is 65.3. The maximum absolute atomic E-state index is 14.7. The Morgan fingerprint density at radius 3 is 2.00 bits per heavy atom. The molecule has 0 saturated carbocycles. The van der Waals surface area contributed by atoms with Gasteiger partial charge < -0.3 is 33.7 Å². The molecule has 2 aromatic carbocycles. The lowest BCUT2D eigenvalue weighted by molar-refractivity contribution is -0.100. The zero-order chi connectivity index (χ0) is 42.2. The standard InChI is InChI=1S/C40H69N3O10SSi2/c1-13-50-38(44)41-35-26-33(19-20-36(35)51-29-48-21-23-55(7,8)9)54(46,47)43(27-31(2)3)28-37(52-30-49-22-24-56(10,11)12)34(25-32-17-15-14-16-18-32)42-39(45)53-40(4,5)6/h14-20,26,31,34,37H,13,21-25,27-30H2,1-12H3,(H,41,44)(H,42,45)/t34-,37+/m0/s1. The normalized spacial score (nSPS) is 13.7. The van der Waals surface area contributed by atoms with E-state index in [-0.39, 0.29) is 55.5 Å². The third kappa shape index (κ3) is 19.9. The molecule has 2 atom stereocenters. The molecule has 318 valence electrons. The Morgan fingerprint density at radius 2 is 1.45 bits per heavy atom. The summed E-state index contributed by atoms with van der Waals surface area (Å²) in [5, 5.41) is 5.61. The molecule has 16 heteroatoms. The van der Waals surface area contributed by atoms with Crippen LogP contribution in [-0.4, -0.2) is 105 Å². The number of nitrogens with one attached hydrogen (secondary N) is 2. The summed E-state index contributed by atoms with van der Waals surface area (Å²) in [6.45, 7) is 25.3. The van der Waals surface area contributed by atoms with Crippen LogP contribution in [0.25, 0.3) is 0 Å². The number of anilines is 1. The molecule has 0 fully saturated rings. The molecule has 2 aromatic rings. The molecular weight excluding hydrogens is 771 g/mol. The molecule has 0 aliphatic heterocycles. The summed E-state index contributed by atoms with van der Waals surface area (Å²) in [5.74, 6) is 0.138. The number of hydrogen-bond acceptors (Lipinski definition) is 10. The van der Waals surface area contributed by atoms with Crippen molar-refractivity contribution in [3.63, 3.8) is 0 Å². The molecule has 13 nitrogen and oxygen atoms in total. The van der Waals surface area contributed by atoms with Gasteiger partial charge in [0.1, 0.15) is 18.1 Å². The highest BCUT2D eigenvalue weighted by Gasteiger charge is 2.34.